The van der Waals surface area contributed by atoms with Crippen molar-refractivity contribution < 1.29 is 9.18 Å². The van der Waals surface area contributed by atoms with Crippen LogP contribution in [0.1, 0.15) is 49.1 Å². The van der Waals surface area contributed by atoms with Gasteiger partial charge in [-0.05, 0) is 70.3 Å². The number of piperidine rings is 2. The summed E-state index contributed by atoms with van der Waals surface area (Å²) in [6.07, 6.45) is 7.57. The predicted molar refractivity (Wildman–Crippen MR) is 134 cm³/mol. The van der Waals surface area contributed by atoms with Gasteiger partial charge < -0.3 is 14.4 Å². The normalized spacial score (nSPS) is 17.9. The number of fused-ring (bicyclic) bond motifs is 1. The molecule has 2 fully saturated rings. The second-order valence-electron chi connectivity index (χ2n) is 9.99. The molecule has 7 nitrogen and oxygen atoms in total. The van der Waals surface area contributed by atoms with Gasteiger partial charge in [0.15, 0.2) is 0 Å². The third-order valence-electron chi connectivity index (χ3n) is 7.87. The number of likely N-dealkylation sites (tertiary alicyclic amines) is 2. The van der Waals surface area contributed by atoms with Gasteiger partial charge in [0.05, 0.1) is 11.6 Å². The van der Waals surface area contributed by atoms with Gasteiger partial charge in [-0.1, -0.05) is 18.6 Å². The number of nitrogens with zero attached hydrogens (tertiary/aromatic N) is 5. The van der Waals surface area contributed by atoms with Crippen molar-refractivity contribution in [1.82, 2.24) is 24.1 Å². The SMILES string of the molecule is Cc1c2cnn(CC(=O)N3CCC(N4CCCCC4)CC3)c(=O)c2c(C)n1Cc1ccc(F)cc1. The Labute approximate surface area is 205 Å². The molecular weight excluding hydrogens is 445 g/mol. The number of carbonyl (C=O) groups excluding carboxylic acids is 1. The van der Waals surface area contributed by atoms with E-state index in [0.717, 1.165) is 48.3 Å². The number of halogens is 1. The molecule has 2 aromatic heterocycles. The van der Waals surface area contributed by atoms with Crippen LogP contribution in [-0.4, -0.2) is 62.3 Å². The Balaban J connectivity index is 1.30. The Morgan fingerprint density at radius 2 is 1.69 bits per heavy atom. The summed E-state index contributed by atoms with van der Waals surface area (Å²) >= 11 is 0. The van der Waals surface area contributed by atoms with Crippen molar-refractivity contribution in [2.45, 2.75) is 65.1 Å². The van der Waals surface area contributed by atoms with Gasteiger partial charge in [-0.15, -0.1) is 0 Å². The third kappa shape index (κ3) is 4.76. The summed E-state index contributed by atoms with van der Waals surface area (Å²) in [6, 6.07) is 6.96. The molecule has 0 saturated carbocycles. The molecule has 4 heterocycles. The van der Waals surface area contributed by atoms with Crippen molar-refractivity contribution in [3.63, 3.8) is 0 Å². The molecule has 5 rings (SSSR count). The zero-order valence-corrected chi connectivity index (χ0v) is 20.7. The van der Waals surface area contributed by atoms with Gasteiger partial charge in [-0.3, -0.25) is 9.59 Å². The quantitative estimate of drug-likeness (QED) is 0.562. The second-order valence-corrected chi connectivity index (χ2v) is 9.99. The average Bonchev–Trinajstić information content (AvgIpc) is 3.12. The number of benzene rings is 1. The molecule has 1 amide bonds. The van der Waals surface area contributed by atoms with Crippen molar-refractivity contribution in [2.75, 3.05) is 26.2 Å². The summed E-state index contributed by atoms with van der Waals surface area (Å²) in [5, 5.41) is 5.74. The highest BCUT2D eigenvalue weighted by atomic mass is 19.1. The number of amides is 1. The third-order valence-corrected chi connectivity index (χ3v) is 7.87. The van der Waals surface area contributed by atoms with Crippen LogP contribution in [0.4, 0.5) is 4.39 Å². The Kier molecular flexibility index (Phi) is 6.73. The fourth-order valence-corrected chi connectivity index (χ4v) is 5.76. The van der Waals surface area contributed by atoms with E-state index in [2.05, 4.69) is 14.6 Å². The van der Waals surface area contributed by atoms with Crippen molar-refractivity contribution >= 4 is 16.7 Å². The largest absolute Gasteiger partial charge is 0.343 e. The lowest BCUT2D eigenvalue weighted by atomic mass is 10.00. The molecule has 0 radical (unpaired) electrons. The van der Waals surface area contributed by atoms with E-state index in [1.165, 1.54) is 49.2 Å². The summed E-state index contributed by atoms with van der Waals surface area (Å²) in [5.74, 6) is -0.316. The minimum Gasteiger partial charge on any atom is -0.343 e. The van der Waals surface area contributed by atoms with Crippen LogP contribution in [0.25, 0.3) is 10.8 Å². The maximum Gasteiger partial charge on any atom is 0.276 e. The molecule has 8 heteroatoms. The molecule has 0 atom stereocenters. The fraction of sp³-hybridized carbons (Fsp3) is 0.519. The van der Waals surface area contributed by atoms with Crippen LogP contribution in [0.5, 0.6) is 0 Å². The first-order chi connectivity index (χ1) is 16.9. The van der Waals surface area contributed by atoms with E-state index in [4.69, 9.17) is 0 Å². The van der Waals surface area contributed by atoms with Gasteiger partial charge >= 0.3 is 0 Å². The lowest BCUT2D eigenvalue weighted by Crippen LogP contribution is -2.49. The molecule has 186 valence electrons. The van der Waals surface area contributed by atoms with E-state index in [1.54, 1.807) is 18.3 Å². The van der Waals surface area contributed by atoms with Gasteiger partial charge in [-0.2, -0.15) is 5.10 Å². The molecule has 35 heavy (non-hydrogen) atoms. The summed E-state index contributed by atoms with van der Waals surface area (Å²) < 4.78 is 16.7. The maximum atomic E-state index is 13.3. The first kappa shape index (κ1) is 23.7. The molecule has 3 aromatic rings. The first-order valence-electron chi connectivity index (χ1n) is 12.7. The summed E-state index contributed by atoms with van der Waals surface area (Å²) in [5.41, 5.74) is 2.48. The average molecular weight is 480 g/mol. The lowest BCUT2D eigenvalue weighted by Gasteiger charge is -2.40. The molecule has 0 spiro atoms. The zero-order chi connectivity index (χ0) is 24.5. The summed E-state index contributed by atoms with van der Waals surface area (Å²) in [4.78, 5) is 30.9. The number of aromatic nitrogens is 3. The number of hydrogen-bond acceptors (Lipinski definition) is 4. The van der Waals surface area contributed by atoms with Gasteiger partial charge in [0.25, 0.3) is 5.56 Å². The molecule has 2 saturated heterocycles. The van der Waals surface area contributed by atoms with E-state index in [0.29, 0.717) is 18.0 Å². The van der Waals surface area contributed by atoms with Crippen LogP contribution in [-0.2, 0) is 17.9 Å². The van der Waals surface area contributed by atoms with Crippen LogP contribution in [0.3, 0.4) is 0 Å². The molecule has 1 aromatic carbocycles. The smallest absolute Gasteiger partial charge is 0.276 e. The Morgan fingerprint density at radius 1 is 1.00 bits per heavy atom. The Hall–Kier alpha value is -3.00. The van der Waals surface area contributed by atoms with Crippen LogP contribution in [0.2, 0.25) is 0 Å². The van der Waals surface area contributed by atoms with E-state index in [1.807, 2.05) is 18.7 Å². The van der Waals surface area contributed by atoms with Gasteiger partial charge in [0.2, 0.25) is 5.91 Å². The summed E-state index contributed by atoms with van der Waals surface area (Å²) in [7, 11) is 0. The maximum absolute atomic E-state index is 13.3. The minimum atomic E-state index is -0.271. The van der Waals surface area contributed by atoms with E-state index >= 15 is 0 Å². The molecule has 2 aliphatic rings. The Bertz CT molecular complexity index is 1270. The minimum absolute atomic E-state index is 0.0369. The van der Waals surface area contributed by atoms with Crippen molar-refractivity contribution in [1.29, 1.82) is 0 Å². The van der Waals surface area contributed by atoms with Crippen LogP contribution < -0.4 is 5.56 Å². The fourth-order valence-electron chi connectivity index (χ4n) is 5.76. The lowest BCUT2D eigenvalue weighted by molar-refractivity contribution is -0.133. The van der Waals surface area contributed by atoms with E-state index in [9.17, 15) is 14.0 Å². The highest BCUT2D eigenvalue weighted by Gasteiger charge is 2.28. The highest BCUT2D eigenvalue weighted by molar-refractivity contribution is 5.87. The number of rotatable bonds is 5. The van der Waals surface area contributed by atoms with Crippen LogP contribution in [0, 0.1) is 19.7 Å². The van der Waals surface area contributed by atoms with Gasteiger partial charge in [0.1, 0.15) is 12.4 Å². The van der Waals surface area contributed by atoms with Crippen molar-refractivity contribution in [2.24, 2.45) is 0 Å². The van der Waals surface area contributed by atoms with Crippen molar-refractivity contribution in [3.05, 3.63) is 63.6 Å². The van der Waals surface area contributed by atoms with E-state index in [-0.39, 0.29) is 23.8 Å². The molecule has 0 unspecified atom stereocenters. The van der Waals surface area contributed by atoms with Crippen molar-refractivity contribution in [3.8, 4) is 0 Å². The second kappa shape index (κ2) is 9.93. The predicted octanol–water partition coefficient (Wildman–Crippen LogP) is 3.48. The van der Waals surface area contributed by atoms with E-state index < -0.39 is 0 Å². The Morgan fingerprint density at radius 3 is 2.37 bits per heavy atom. The first-order valence-corrected chi connectivity index (χ1v) is 12.7. The number of carbonyl (C=O) groups is 1. The molecule has 0 bridgehead atoms. The zero-order valence-electron chi connectivity index (χ0n) is 20.7. The molecule has 2 aliphatic heterocycles. The number of hydrogen-bond donors (Lipinski definition) is 0. The standard InChI is InChI=1S/C27H34FN5O2/c1-19-24-16-29-33(18-25(34)31-14-10-23(11-15-31)30-12-4-3-5-13-30)27(35)26(24)20(2)32(19)17-21-6-8-22(28)9-7-21/h6-9,16,23H,3-5,10-15,17-18H2,1-2H3. The van der Waals surface area contributed by atoms with Crippen LogP contribution >= 0.6 is 0 Å². The molecule has 0 aliphatic carbocycles. The van der Waals surface area contributed by atoms with Crippen LogP contribution in [0.15, 0.2) is 35.3 Å². The molecule has 0 N–H and O–H groups in total. The highest BCUT2D eigenvalue weighted by Crippen LogP contribution is 2.24. The summed E-state index contributed by atoms with van der Waals surface area (Å²) in [6.45, 7) is 8.21. The molecular formula is C27H34FN5O2. The van der Waals surface area contributed by atoms with Gasteiger partial charge in [-0.25, -0.2) is 9.07 Å². The topological polar surface area (TPSA) is 63.4 Å². The van der Waals surface area contributed by atoms with Gasteiger partial charge in [0, 0.05) is 42.5 Å². The number of aryl methyl sites for hydroxylation is 2. The monoisotopic (exact) mass is 479 g/mol.